The van der Waals surface area contributed by atoms with E-state index in [1.165, 1.54) is 9.47 Å². The quantitative estimate of drug-likeness (QED) is 0.197. The zero-order valence-electron chi connectivity index (χ0n) is 21.5. The third-order valence-electron chi connectivity index (χ3n) is 5.92. The highest BCUT2D eigenvalue weighted by atomic mass is 19.5. The van der Waals surface area contributed by atoms with Crippen LogP contribution in [0.15, 0.2) is 11.8 Å². The molecule has 0 spiro atoms. The Labute approximate surface area is 253 Å². The highest BCUT2D eigenvalue weighted by molar-refractivity contribution is 5.33. The first-order valence-corrected chi connectivity index (χ1v) is 10.7. The first kappa shape index (κ1) is 46.3. The lowest BCUT2D eigenvalue weighted by molar-refractivity contribution is -0.557. The Kier molecular flexibility index (Phi) is 10.3. The van der Waals surface area contributed by atoms with E-state index in [4.69, 9.17) is 0 Å². The molecule has 1 aliphatic carbocycles. The fraction of sp³-hybridized carbons (Fsp3) is 0.882. The van der Waals surface area contributed by atoms with E-state index in [9.17, 15) is 136 Å². The van der Waals surface area contributed by atoms with Crippen molar-refractivity contribution in [2.45, 2.75) is 90.0 Å². The van der Waals surface area contributed by atoms with Crippen molar-refractivity contribution in [1.82, 2.24) is 0 Å². The van der Waals surface area contributed by atoms with Crippen LogP contribution >= 0.6 is 0 Å². The summed E-state index contributed by atoms with van der Waals surface area (Å²) in [6.07, 6.45) is -84.7. The van der Waals surface area contributed by atoms with E-state index < -0.39 is 102 Å². The van der Waals surface area contributed by atoms with Crippen LogP contribution in [0.1, 0.15) is 0 Å². The molecular formula is C17HF31O3. The fourth-order valence-corrected chi connectivity index (χ4v) is 3.63. The van der Waals surface area contributed by atoms with Gasteiger partial charge in [0.2, 0.25) is 0 Å². The summed E-state index contributed by atoms with van der Waals surface area (Å²) in [6.45, 7) is 0. The number of halogens is 31. The average molecular weight is 842 g/mol. The topological polar surface area (TPSA) is 27.7 Å². The largest absolute Gasteiger partial charge is 0.461 e. The predicted molar refractivity (Wildman–Crippen MR) is 86.7 cm³/mol. The highest BCUT2D eigenvalue weighted by Gasteiger charge is 2.97. The summed E-state index contributed by atoms with van der Waals surface area (Å²) in [4.78, 5) is 0. The molecule has 0 unspecified atom stereocenters. The van der Waals surface area contributed by atoms with Crippen LogP contribution in [0.4, 0.5) is 136 Å². The van der Waals surface area contributed by atoms with Gasteiger partial charge in [-0.25, -0.2) is 0 Å². The van der Waals surface area contributed by atoms with Gasteiger partial charge in [-0.2, -0.15) is 136 Å². The zero-order chi connectivity index (χ0) is 41.9. The molecule has 0 aromatic heterocycles. The van der Waals surface area contributed by atoms with Crippen LogP contribution in [0.25, 0.3) is 0 Å². The van der Waals surface area contributed by atoms with Gasteiger partial charge in [0.25, 0.3) is 0 Å². The van der Waals surface area contributed by atoms with Gasteiger partial charge in [-0.1, -0.05) is 0 Å². The second-order valence-electron chi connectivity index (χ2n) is 9.15. The van der Waals surface area contributed by atoms with Crippen LogP contribution < -0.4 is 0 Å². The third kappa shape index (κ3) is 6.28. The molecule has 1 aliphatic rings. The Morgan fingerprint density at radius 2 is 0.529 bits per heavy atom. The molecule has 0 heterocycles. The van der Waals surface area contributed by atoms with Crippen LogP contribution in [0.2, 0.25) is 0 Å². The molecule has 0 amide bonds. The monoisotopic (exact) mass is 842 g/mol. The Hall–Kier alpha value is -2.71. The van der Waals surface area contributed by atoms with Gasteiger partial charge < -0.3 is 14.2 Å². The molecule has 34 heteroatoms. The molecule has 0 radical (unpaired) electrons. The summed E-state index contributed by atoms with van der Waals surface area (Å²) in [5.41, 5.74) is -27.9. The second kappa shape index (κ2) is 11.4. The minimum absolute atomic E-state index is 1.35. The van der Waals surface area contributed by atoms with Gasteiger partial charge in [0.05, 0.1) is 0 Å². The lowest BCUT2D eigenvalue weighted by Gasteiger charge is -2.51. The molecule has 0 aliphatic heterocycles. The molecule has 1 rings (SSSR count). The molecular weight excluding hydrogens is 841 g/mol. The van der Waals surface area contributed by atoms with Crippen molar-refractivity contribution in [1.29, 1.82) is 0 Å². The van der Waals surface area contributed by atoms with Crippen molar-refractivity contribution in [2.75, 3.05) is 0 Å². The number of rotatable bonds is 6. The van der Waals surface area contributed by atoms with Gasteiger partial charge in [-0.05, 0) is 0 Å². The molecule has 0 bridgehead atoms. The maximum absolute atomic E-state index is 15.0. The van der Waals surface area contributed by atoms with Crippen molar-refractivity contribution in [3.8, 4) is 0 Å². The normalized spacial score (nSPS) is 20.4. The Bertz CT molecular complexity index is 1140. The summed E-state index contributed by atoms with van der Waals surface area (Å²) >= 11 is 0. The third-order valence-corrected chi connectivity index (χ3v) is 5.92. The maximum Gasteiger partial charge on any atom is 0.447 e. The number of ether oxygens (including phenoxy) is 3. The molecule has 0 aromatic rings. The van der Waals surface area contributed by atoms with Gasteiger partial charge in [-0.15, -0.1) is 0 Å². The fourth-order valence-electron chi connectivity index (χ4n) is 3.63. The molecule has 51 heavy (non-hydrogen) atoms. The van der Waals surface area contributed by atoms with Crippen LogP contribution in [0.3, 0.4) is 0 Å². The summed E-state index contributed by atoms with van der Waals surface area (Å²) in [5, 5.41) is 0. The molecule has 0 saturated heterocycles. The van der Waals surface area contributed by atoms with Gasteiger partial charge in [-0.3, -0.25) is 0 Å². The van der Waals surface area contributed by atoms with Crippen LogP contribution in [0, 0.1) is 0 Å². The van der Waals surface area contributed by atoms with Crippen molar-refractivity contribution in [3.63, 3.8) is 0 Å². The highest BCUT2D eigenvalue weighted by Crippen LogP contribution is 2.69. The van der Waals surface area contributed by atoms with E-state index in [0.717, 1.165) is 0 Å². The number of alkyl halides is 31. The minimum atomic E-state index is -9.45. The molecule has 0 atom stereocenters. The van der Waals surface area contributed by atoms with Gasteiger partial charge in [0.1, 0.15) is 0 Å². The molecule has 0 fully saturated rings. The average Bonchev–Trinajstić information content (AvgIpc) is 2.87. The molecule has 0 aromatic carbocycles. The summed E-state index contributed by atoms with van der Waals surface area (Å²) < 4.78 is 426. The lowest BCUT2D eigenvalue weighted by Crippen LogP contribution is -2.78. The maximum atomic E-state index is 15.0. The summed E-state index contributed by atoms with van der Waals surface area (Å²) in [7, 11) is 0. The van der Waals surface area contributed by atoms with Crippen LogP contribution in [0.5, 0.6) is 0 Å². The number of allylic oxidation sites excluding steroid dienone is 1. The Morgan fingerprint density at radius 1 is 0.333 bits per heavy atom. The lowest BCUT2D eigenvalue weighted by atomic mass is 9.96. The van der Waals surface area contributed by atoms with Crippen molar-refractivity contribution in [3.05, 3.63) is 11.8 Å². The van der Waals surface area contributed by atoms with E-state index in [0.29, 0.717) is 0 Å². The van der Waals surface area contributed by atoms with Crippen molar-refractivity contribution >= 4 is 0 Å². The Morgan fingerprint density at radius 3 is 0.706 bits per heavy atom. The number of hydrogen-bond donors (Lipinski definition) is 0. The molecule has 0 saturated carbocycles. The SMILES string of the molecule is FC(F)(F)C(OC1=CC(F)(F)C(F)(F)C1(OC(C(F)(F)F)(C(F)(F)F)C(F)(F)F)OC(C(F)(F)F)(C(F)(F)F)C(F)(F)F)(C(F)(F)F)C(F)(F)F. The van der Waals surface area contributed by atoms with Gasteiger partial charge >= 0.3 is 90.0 Å². The van der Waals surface area contributed by atoms with Gasteiger partial charge in [0.15, 0.2) is 5.76 Å². The van der Waals surface area contributed by atoms with Crippen molar-refractivity contribution < 1.29 is 150 Å². The summed E-state index contributed by atoms with van der Waals surface area (Å²) in [5.74, 6) is -32.1. The van der Waals surface area contributed by atoms with Crippen LogP contribution in [-0.2, 0) is 14.2 Å². The van der Waals surface area contributed by atoms with Crippen molar-refractivity contribution in [2.24, 2.45) is 0 Å². The van der Waals surface area contributed by atoms with E-state index >= 15 is 0 Å². The molecule has 0 N–H and O–H groups in total. The number of hydrogen-bond acceptors (Lipinski definition) is 3. The van der Waals surface area contributed by atoms with E-state index in [1.54, 1.807) is 4.74 Å². The first-order valence-electron chi connectivity index (χ1n) is 10.7. The first-order chi connectivity index (χ1) is 21.5. The molecule has 304 valence electrons. The van der Waals surface area contributed by atoms with E-state index in [1.807, 2.05) is 0 Å². The van der Waals surface area contributed by atoms with E-state index in [-0.39, 0.29) is 0 Å². The van der Waals surface area contributed by atoms with E-state index in [2.05, 4.69) is 0 Å². The summed E-state index contributed by atoms with van der Waals surface area (Å²) in [6, 6.07) is 0. The van der Waals surface area contributed by atoms with Gasteiger partial charge in [0, 0.05) is 6.08 Å². The zero-order valence-corrected chi connectivity index (χ0v) is 21.5. The predicted octanol–water partition coefficient (Wildman–Crippen LogP) is 10.2. The Balaban J connectivity index is 5.10. The minimum Gasteiger partial charge on any atom is -0.461 e. The second-order valence-corrected chi connectivity index (χ2v) is 9.15. The standard InChI is InChI=1S/C17HF31O3/c18-3(19)1-2(49-5(9(22,23)24,10(25,26)27)11(28,29)30)4(8(3,20)21,50-6(12(31,32)33,13(34,35)36)14(37,38)39)51-7(15(40,41)42,16(43,44)45)17(46,47)48/h1H. The molecule has 3 nitrogen and oxygen atoms in total. The van der Waals surface area contributed by atoms with Crippen LogP contribution in [-0.4, -0.2) is 90.0 Å². The smallest absolute Gasteiger partial charge is 0.447 e.